The molecule has 2 nitrogen and oxygen atoms in total. The largest absolute Gasteiger partial charge is 0.377 e. The molecule has 1 unspecified atom stereocenters. The monoisotopic (exact) mass is 247 g/mol. The average molecular weight is 247 g/mol. The molecule has 1 aliphatic rings. The first kappa shape index (κ1) is 13.6. The molecule has 100 valence electrons. The van der Waals surface area contributed by atoms with Crippen LogP contribution in [0.15, 0.2) is 24.3 Å². The van der Waals surface area contributed by atoms with Crippen molar-refractivity contribution >= 4 is 0 Å². The normalized spacial score (nSPS) is 21.3. The molecule has 2 rings (SSSR count). The summed E-state index contributed by atoms with van der Waals surface area (Å²) in [5.74, 6) is 0. The maximum atomic E-state index is 5.60. The van der Waals surface area contributed by atoms with Gasteiger partial charge in [-0.3, -0.25) is 0 Å². The van der Waals surface area contributed by atoms with Crippen LogP contribution in [0.3, 0.4) is 0 Å². The molecule has 0 fully saturated rings. The van der Waals surface area contributed by atoms with E-state index >= 15 is 0 Å². The summed E-state index contributed by atoms with van der Waals surface area (Å²) < 4.78 is 5.60. The Morgan fingerprint density at radius 3 is 2.78 bits per heavy atom. The first-order chi connectivity index (χ1) is 8.50. The zero-order chi connectivity index (χ0) is 13.2. The highest BCUT2D eigenvalue weighted by molar-refractivity contribution is 5.37. The predicted molar refractivity (Wildman–Crippen MR) is 75.8 cm³/mol. The maximum Gasteiger partial charge on any atom is 0.0594 e. The van der Waals surface area contributed by atoms with Crippen LogP contribution in [0.4, 0.5) is 0 Å². The highest BCUT2D eigenvalue weighted by Gasteiger charge is 2.37. The molecule has 0 saturated carbocycles. The third-order valence-corrected chi connectivity index (χ3v) is 3.70. The Labute approximate surface area is 111 Å². The molecular formula is C16H25NO. The van der Waals surface area contributed by atoms with Crippen LogP contribution in [-0.4, -0.2) is 19.3 Å². The molecule has 0 bridgehead atoms. The minimum Gasteiger partial charge on any atom is -0.377 e. The van der Waals surface area contributed by atoms with Gasteiger partial charge in [-0.15, -0.1) is 0 Å². The smallest absolute Gasteiger partial charge is 0.0594 e. The fourth-order valence-electron chi connectivity index (χ4n) is 2.87. The van der Waals surface area contributed by atoms with E-state index in [2.05, 4.69) is 57.3 Å². The van der Waals surface area contributed by atoms with E-state index in [4.69, 9.17) is 4.74 Å². The van der Waals surface area contributed by atoms with Crippen molar-refractivity contribution in [3.63, 3.8) is 0 Å². The molecule has 1 atom stereocenters. The topological polar surface area (TPSA) is 21.3 Å². The fourth-order valence-corrected chi connectivity index (χ4v) is 2.87. The Morgan fingerprint density at radius 1 is 1.33 bits per heavy atom. The minimum absolute atomic E-state index is 0.293. The number of ether oxygens (including phenoxy) is 1. The number of nitrogens with one attached hydrogen (secondary N) is 1. The van der Waals surface area contributed by atoms with Crippen molar-refractivity contribution < 1.29 is 4.74 Å². The zero-order valence-corrected chi connectivity index (χ0v) is 12.0. The molecule has 0 heterocycles. The first-order valence-electron chi connectivity index (χ1n) is 6.93. The van der Waals surface area contributed by atoms with Crippen LogP contribution >= 0.6 is 0 Å². The van der Waals surface area contributed by atoms with E-state index in [0.29, 0.717) is 17.6 Å². The van der Waals surface area contributed by atoms with Crippen molar-refractivity contribution in [2.24, 2.45) is 5.41 Å². The standard InChI is InChI=1S/C16H25NO/c1-12(2)18-10-9-17-15-14-8-6-5-7-13(14)11-16(15,3)4/h5-8,12,15,17H,9-11H2,1-4H3. The van der Waals surface area contributed by atoms with Gasteiger partial charge in [-0.25, -0.2) is 0 Å². The molecule has 1 aliphatic carbocycles. The van der Waals surface area contributed by atoms with Crippen molar-refractivity contribution in [1.29, 1.82) is 0 Å². The van der Waals surface area contributed by atoms with Crippen molar-refractivity contribution in [1.82, 2.24) is 5.32 Å². The van der Waals surface area contributed by atoms with E-state index in [1.54, 1.807) is 0 Å². The highest BCUT2D eigenvalue weighted by Crippen LogP contribution is 2.44. The van der Waals surface area contributed by atoms with Gasteiger partial charge in [0.25, 0.3) is 0 Å². The van der Waals surface area contributed by atoms with Crippen LogP contribution in [0.2, 0.25) is 0 Å². The number of rotatable bonds is 5. The second-order valence-electron chi connectivity index (χ2n) is 6.17. The zero-order valence-electron chi connectivity index (χ0n) is 12.0. The number of hydrogen-bond donors (Lipinski definition) is 1. The Hall–Kier alpha value is -0.860. The number of fused-ring (bicyclic) bond motifs is 1. The van der Waals surface area contributed by atoms with Gasteiger partial charge in [0.15, 0.2) is 0 Å². The molecule has 0 aliphatic heterocycles. The van der Waals surface area contributed by atoms with Crippen molar-refractivity contribution in [3.05, 3.63) is 35.4 Å². The Kier molecular flexibility index (Phi) is 4.08. The Morgan fingerprint density at radius 2 is 2.06 bits per heavy atom. The quantitative estimate of drug-likeness (QED) is 0.806. The highest BCUT2D eigenvalue weighted by atomic mass is 16.5. The first-order valence-corrected chi connectivity index (χ1v) is 6.93. The van der Waals surface area contributed by atoms with Crippen molar-refractivity contribution in [2.75, 3.05) is 13.2 Å². The molecule has 18 heavy (non-hydrogen) atoms. The lowest BCUT2D eigenvalue weighted by Gasteiger charge is -2.28. The molecular weight excluding hydrogens is 222 g/mol. The molecule has 1 aromatic carbocycles. The van der Waals surface area contributed by atoms with Gasteiger partial charge in [-0.1, -0.05) is 38.1 Å². The summed E-state index contributed by atoms with van der Waals surface area (Å²) in [6, 6.07) is 9.23. The second kappa shape index (κ2) is 5.41. The SMILES string of the molecule is CC(C)OCCNC1c2ccccc2CC1(C)C. The Balaban J connectivity index is 1.98. The third-order valence-electron chi connectivity index (χ3n) is 3.70. The van der Waals surface area contributed by atoms with Crippen LogP contribution in [0.25, 0.3) is 0 Å². The lowest BCUT2D eigenvalue weighted by molar-refractivity contribution is 0.0765. The van der Waals surface area contributed by atoms with Crippen LogP contribution < -0.4 is 5.32 Å². The van der Waals surface area contributed by atoms with Gasteiger partial charge in [0.2, 0.25) is 0 Å². The summed E-state index contributed by atoms with van der Waals surface area (Å²) in [5.41, 5.74) is 3.25. The van der Waals surface area contributed by atoms with E-state index in [0.717, 1.165) is 19.6 Å². The summed E-state index contributed by atoms with van der Waals surface area (Å²) >= 11 is 0. The van der Waals surface area contributed by atoms with E-state index in [9.17, 15) is 0 Å². The summed E-state index contributed by atoms with van der Waals surface area (Å²) in [6.07, 6.45) is 1.47. The third kappa shape index (κ3) is 2.93. The average Bonchev–Trinajstić information content (AvgIpc) is 2.54. The van der Waals surface area contributed by atoms with Gasteiger partial charge in [0, 0.05) is 12.6 Å². The molecule has 2 heteroatoms. The lowest BCUT2D eigenvalue weighted by atomic mass is 9.85. The molecule has 1 N–H and O–H groups in total. The Bertz CT molecular complexity index is 398. The van der Waals surface area contributed by atoms with Crippen LogP contribution in [0.5, 0.6) is 0 Å². The maximum absolute atomic E-state index is 5.60. The summed E-state index contributed by atoms with van der Waals surface area (Å²) in [6.45, 7) is 10.5. The van der Waals surface area contributed by atoms with Gasteiger partial charge in [-0.2, -0.15) is 0 Å². The van der Waals surface area contributed by atoms with Gasteiger partial charge in [0.05, 0.1) is 12.7 Å². The predicted octanol–water partition coefficient (Wildman–Crippen LogP) is 3.32. The van der Waals surface area contributed by atoms with Gasteiger partial charge < -0.3 is 10.1 Å². The molecule has 0 radical (unpaired) electrons. The van der Waals surface area contributed by atoms with Gasteiger partial charge >= 0.3 is 0 Å². The molecule has 0 amide bonds. The minimum atomic E-state index is 0.293. The fraction of sp³-hybridized carbons (Fsp3) is 0.625. The van der Waals surface area contributed by atoms with Crippen LogP contribution in [-0.2, 0) is 11.2 Å². The summed E-state index contributed by atoms with van der Waals surface area (Å²) in [5, 5.41) is 3.66. The number of hydrogen-bond acceptors (Lipinski definition) is 2. The molecule has 0 saturated heterocycles. The van der Waals surface area contributed by atoms with Gasteiger partial charge in [0.1, 0.15) is 0 Å². The molecule has 0 spiro atoms. The van der Waals surface area contributed by atoms with E-state index in [-0.39, 0.29) is 0 Å². The van der Waals surface area contributed by atoms with Gasteiger partial charge in [-0.05, 0) is 36.8 Å². The lowest BCUT2D eigenvalue weighted by Crippen LogP contribution is -2.33. The van der Waals surface area contributed by atoms with Crippen molar-refractivity contribution in [3.8, 4) is 0 Å². The van der Waals surface area contributed by atoms with Crippen LogP contribution in [0, 0.1) is 5.41 Å². The van der Waals surface area contributed by atoms with Crippen molar-refractivity contribution in [2.45, 2.75) is 46.3 Å². The number of benzene rings is 1. The summed E-state index contributed by atoms with van der Waals surface area (Å²) in [7, 11) is 0. The van der Waals surface area contributed by atoms with E-state index in [1.807, 2.05) is 0 Å². The molecule has 0 aromatic heterocycles. The molecule has 1 aromatic rings. The summed E-state index contributed by atoms with van der Waals surface area (Å²) in [4.78, 5) is 0. The second-order valence-corrected chi connectivity index (χ2v) is 6.17. The van der Waals surface area contributed by atoms with E-state index < -0.39 is 0 Å². The van der Waals surface area contributed by atoms with Crippen LogP contribution in [0.1, 0.15) is 44.9 Å². The van der Waals surface area contributed by atoms with E-state index in [1.165, 1.54) is 11.1 Å².